The van der Waals surface area contributed by atoms with Crippen molar-refractivity contribution in [3.8, 4) is 23.3 Å². The molecule has 7 nitrogen and oxygen atoms in total. The number of piperidine rings is 1. The molecule has 0 atom stereocenters. The van der Waals surface area contributed by atoms with Gasteiger partial charge >= 0.3 is 0 Å². The number of aromatic nitrogens is 4. The highest BCUT2D eigenvalue weighted by molar-refractivity contribution is 7.99. The van der Waals surface area contributed by atoms with E-state index >= 15 is 0 Å². The molecule has 3 aromatic heterocycles. The second-order valence-corrected chi connectivity index (χ2v) is 9.47. The first kappa shape index (κ1) is 21.3. The molecule has 1 saturated heterocycles. The molecule has 164 valence electrons. The fraction of sp³-hybridized carbons (Fsp3) is 0.280. The van der Waals surface area contributed by atoms with Crippen molar-refractivity contribution in [3.63, 3.8) is 0 Å². The quantitative estimate of drug-likeness (QED) is 0.446. The van der Waals surface area contributed by atoms with Crippen LogP contribution >= 0.6 is 11.8 Å². The molecule has 4 heterocycles. The van der Waals surface area contributed by atoms with Crippen LogP contribution in [0, 0.1) is 29.6 Å². The number of hydrogen-bond acceptors (Lipinski definition) is 6. The zero-order chi connectivity index (χ0) is 22.9. The number of benzene rings is 1. The topological polar surface area (TPSA) is 85.9 Å². The maximum atomic E-state index is 9.63. The molecule has 5 rings (SSSR count). The average Bonchev–Trinajstić information content (AvgIpc) is 3.43. The Kier molecular flexibility index (Phi) is 5.63. The first-order chi connectivity index (χ1) is 16.1. The molecular formula is C25H23N7S. The maximum Gasteiger partial charge on any atom is 0.103 e. The lowest BCUT2D eigenvalue weighted by molar-refractivity contribution is 0.210. The number of pyridine rings is 1. The predicted octanol–water partition coefficient (Wildman–Crippen LogP) is 4.67. The number of hydrogen-bond donors (Lipinski definition) is 0. The van der Waals surface area contributed by atoms with E-state index < -0.39 is 0 Å². The molecule has 1 aliphatic rings. The molecule has 0 N–H and O–H groups in total. The van der Waals surface area contributed by atoms with E-state index in [2.05, 4.69) is 46.9 Å². The summed E-state index contributed by atoms with van der Waals surface area (Å²) < 4.78 is 3.92. The van der Waals surface area contributed by atoms with Crippen LogP contribution in [-0.2, 0) is 0 Å². The van der Waals surface area contributed by atoms with Crippen molar-refractivity contribution in [1.29, 1.82) is 10.5 Å². The molecular weight excluding hydrogens is 430 g/mol. The standard InChI is InChI=1S/C25H23N7S/c1-17-22(15-29-32(17)21-7-9-30(2)10-8-21)19-11-24(25-20(13-27)14-28-31(25)16-19)33-23-6-4-3-5-18(23)12-26/h3-6,11,14-16,21H,7-10H2,1-2H3. The molecule has 1 fully saturated rings. The summed E-state index contributed by atoms with van der Waals surface area (Å²) in [6, 6.07) is 14.5. The summed E-state index contributed by atoms with van der Waals surface area (Å²) in [6.07, 6.45) is 7.66. The van der Waals surface area contributed by atoms with Gasteiger partial charge in [-0.2, -0.15) is 20.7 Å². The molecule has 4 aromatic rings. The van der Waals surface area contributed by atoms with Crippen LogP contribution in [-0.4, -0.2) is 44.4 Å². The van der Waals surface area contributed by atoms with Crippen LogP contribution in [0.1, 0.15) is 35.7 Å². The summed E-state index contributed by atoms with van der Waals surface area (Å²) in [5.74, 6) is 0. The van der Waals surface area contributed by atoms with E-state index in [4.69, 9.17) is 5.10 Å². The van der Waals surface area contributed by atoms with Gasteiger partial charge in [-0.25, -0.2) is 4.52 Å². The lowest BCUT2D eigenvalue weighted by atomic mass is 10.0. The summed E-state index contributed by atoms with van der Waals surface area (Å²) in [4.78, 5) is 4.09. The van der Waals surface area contributed by atoms with Crippen LogP contribution in [0.4, 0.5) is 0 Å². The fourth-order valence-electron chi connectivity index (χ4n) is 4.47. The van der Waals surface area contributed by atoms with Gasteiger partial charge in [-0.3, -0.25) is 4.68 Å². The summed E-state index contributed by atoms with van der Waals surface area (Å²) in [7, 11) is 2.16. The van der Waals surface area contributed by atoms with Gasteiger partial charge in [-0.05, 0) is 58.1 Å². The molecule has 0 unspecified atom stereocenters. The summed E-state index contributed by atoms with van der Waals surface area (Å²) in [6.45, 7) is 4.27. The van der Waals surface area contributed by atoms with Crippen LogP contribution < -0.4 is 0 Å². The van der Waals surface area contributed by atoms with Gasteiger partial charge in [-0.15, -0.1) is 0 Å². The van der Waals surface area contributed by atoms with Crippen LogP contribution in [0.15, 0.2) is 58.7 Å². The highest BCUT2D eigenvalue weighted by Gasteiger charge is 2.22. The minimum Gasteiger partial charge on any atom is -0.306 e. The Hall–Kier alpha value is -3.59. The van der Waals surface area contributed by atoms with Crippen molar-refractivity contribution in [2.45, 2.75) is 35.6 Å². The van der Waals surface area contributed by atoms with Crippen LogP contribution in [0.3, 0.4) is 0 Å². The molecule has 0 bridgehead atoms. The lowest BCUT2D eigenvalue weighted by Crippen LogP contribution is -2.32. The van der Waals surface area contributed by atoms with Gasteiger partial charge in [0.05, 0.1) is 35.1 Å². The van der Waals surface area contributed by atoms with E-state index in [1.54, 1.807) is 16.8 Å². The molecule has 0 saturated carbocycles. The summed E-state index contributed by atoms with van der Waals surface area (Å²) >= 11 is 1.49. The Bertz CT molecular complexity index is 1410. The zero-order valence-electron chi connectivity index (χ0n) is 18.6. The Morgan fingerprint density at radius 2 is 1.76 bits per heavy atom. The average molecular weight is 454 g/mol. The molecule has 0 spiro atoms. The molecule has 1 aliphatic heterocycles. The second-order valence-electron chi connectivity index (χ2n) is 8.39. The third-order valence-electron chi connectivity index (χ3n) is 6.31. The van der Waals surface area contributed by atoms with Gasteiger partial charge in [0.15, 0.2) is 0 Å². The van der Waals surface area contributed by atoms with E-state index in [1.165, 1.54) is 11.8 Å². The molecule has 8 heteroatoms. The van der Waals surface area contributed by atoms with Crippen molar-refractivity contribution in [3.05, 3.63) is 65.7 Å². The van der Waals surface area contributed by atoms with E-state index in [1.807, 2.05) is 30.6 Å². The van der Waals surface area contributed by atoms with Gasteiger partial charge in [0.2, 0.25) is 0 Å². The Morgan fingerprint density at radius 1 is 1.00 bits per heavy atom. The molecule has 1 aromatic carbocycles. The van der Waals surface area contributed by atoms with E-state index in [-0.39, 0.29) is 0 Å². The third kappa shape index (κ3) is 3.89. The number of likely N-dealkylation sites (tertiary alicyclic amines) is 1. The van der Waals surface area contributed by atoms with Crippen molar-refractivity contribution < 1.29 is 0 Å². The minimum absolute atomic E-state index is 0.407. The zero-order valence-corrected chi connectivity index (χ0v) is 19.4. The molecule has 0 radical (unpaired) electrons. The van der Waals surface area contributed by atoms with Crippen LogP contribution in [0.25, 0.3) is 16.6 Å². The number of fused-ring (bicyclic) bond motifs is 1. The SMILES string of the molecule is Cc1c(-c2cc(Sc3ccccc3C#N)c3c(C#N)cnn3c2)cnn1C1CCN(C)CC1. The second kappa shape index (κ2) is 8.74. The first-order valence-electron chi connectivity index (χ1n) is 10.9. The number of rotatable bonds is 4. The number of nitrogens with zero attached hydrogens (tertiary/aromatic N) is 7. The third-order valence-corrected chi connectivity index (χ3v) is 7.42. The summed E-state index contributed by atoms with van der Waals surface area (Å²) in [5.41, 5.74) is 5.04. The smallest absolute Gasteiger partial charge is 0.103 e. The Morgan fingerprint density at radius 3 is 2.52 bits per heavy atom. The molecule has 0 aliphatic carbocycles. The van der Waals surface area contributed by atoms with Crippen LogP contribution in [0.2, 0.25) is 0 Å². The lowest BCUT2D eigenvalue weighted by Gasteiger charge is -2.29. The van der Waals surface area contributed by atoms with Crippen molar-refractivity contribution in [2.24, 2.45) is 0 Å². The predicted molar refractivity (Wildman–Crippen MR) is 127 cm³/mol. The normalized spacial score (nSPS) is 14.9. The number of nitriles is 2. The van der Waals surface area contributed by atoms with Crippen molar-refractivity contribution in [2.75, 3.05) is 20.1 Å². The minimum atomic E-state index is 0.407. The van der Waals surface area contributed by atoms with Gasteiger partial charge < -0.3 is 4.90 Å². The van der Waals surface area contributed by atoms with Gasteiger partial charge in [0.1, 0.15) is 12.1 Å². The van der Waals surface area contributed by atoms with E-state index in [9.17, 15) is 10.5 Å². The van der Waals surface area contributed by atoms with Gasteiger partial charge in [0, 0.05) is 32.8 Å². The van der Waals surface area contributed by atoms with Crippen molar-refractivity contribution in [1.82, 2.24) is 24.3 Å². The highest BCUT2D eigenvalue weighted by Crippen LogP contribution is 2.38. The van der Waals surface area contributed by atoms with Gasteiger partial charge in [0.25, 0.3) is 0 Å². The highest BCUT2D eigenvalue weighted by atomic mass is 32.2. The summed E-state index contributed by atoms with van der Waals surface area (Å²) in [5, 5.41) is 28.4. The molecule has 33 heavy (non-hydrogen) atoms. The first-order valence-corrected chi connectivity index (χ1v) is 11.7. The fourth-order valence-corrected chi connectivity index (χ4v) is 5.57. The maximum absolute atomic E-state index is 9.63. The van der Waals surface area contributed by atoms with Crippen molar-refractivity contribution >= 4 is 17.3 Å². The Labute approximate surface area is 196 Å². The van der Waals surface area contributed by atoms with E-state index in [0.717, 1.165) is 58.1 Å². The Balaban J connectivity index is 1.60. The van der Waals surface area contributed by atoms with Gasteiger partial charge in [-0.1, -0.05) is 23.9 Å². The molecule has 0 amide bonds. The largest absolute Gasteiger partial charge is 0.306 e. The van der Waals surface area contributed by atoms with E-state index in [0.29, 0.717) is 17.2 Å². The van der Waals surface area contributed by atoms with Crippen LogP contribution in [0.5, 0.6) is 0 Å². The monoisotopic (exact) mass is 453 g/mol.